The first-order valence-corrected chi connectivity index (χ1v) is 35.9. The highest BCUT2D eigenvalue weighted by Crippen LogP contribution is 2.51. The number of ether oxygens (including phenoxy) is 4. The predicted molar refractivity (Wildman–Crippen MR) is 358 cm³/mol. The van der Waals surface area contributed by atoms with E-state index in [0.717, 1.165) is 27.1 Å². The zero-order valence-electron chi connectivity index (χ0n) is 54.9. The zero-order chi connectivity index (χ0) is 68.8. The standard InChI is InChI=1S/C22H23O5P.C19H26NO5P.C13H20NO5P.C12H18NO5P/c1-17(22(23)26-15-18-9-4-3-5-10-18)16-28(24,25-2)27-21-14-8-12-19-11-6-7-13-20(19)21;1-14(18(21)24-13-19(2,3)4)20-26(22,23-5)25-17-12-8-10-15-9-6-7-11-16(15)17;1-10(2)18-13(15)11(3)14-20(16,17-4)19-12-8-6-5-7-9-12;1-4-17-12(14)10(2)13-19(15,16-3)18-11-8-6-5-7-9-11/h3-14,17H,15-16H2,1-2H3;6-12,14H,13H2,1-5H3,(H,20,22);5-11H,1-4H3,(H,14,16);5-10H,4H2,1-3H3,(H,13,15)/t17-,28?;14-,26?;11-,20-;10-,19?/m1000/s1. The van der Waals surface area contributed by atoms with Crippen molar-refractivity contribution in [2.45, 2.75) is 100 Å². The van der Waals surface area contributed by atoms with Gasteiger partial charge in [0.2, 0.25) is 0 Å². The minimum Gasteiger partial charge on any atom is -0.465 e. The van der Waals surface area contributed by atoms with Crippen LogP contribution in [0.1, 0.15) is 74.8 Å². The van der Waals surface area contributed by atoms with Gasteiger partial charge in [0.25, 0.3) is 0 Å². The number of rotatable bonds is 29. The van der Waals surface area contributed by atoms with Gasteiger partial charge >= 0.3 is 54.7 Å². The van der Waals surface area contributed by atoms with Crippen LogP contribution in [0.25, 0.3) is 21.5 Å². The van der Waals surface area contributed by atoms with Crippen molar-refractivity contribution in [2.24, 2.45) is 11.3 Å². The Kier molecular flexibility index (Phi) is 32.1. The summed E-state index contributed by atoms with van der Waals surface area (Å²) in [5.74, 6) is -0.980. The Balaban J connectivity index is 0.000000268. The van der Waals surface area contributed by atoms with Crippen LogP contribution in [0.15, 0.2) is 176 Å². The molecule has 0 aliphatic heterocycles. The lowest BCUT2D eigenvalue weighted by Gasteiger charge is -2.23. The zero-order valence-corrected chi connectivity index (χ0v) is 58.5. The van der Waals surface area contributed by atoms with E-state index in [1.54, 1.807) is 113 Å². The molecule has 0 fully saturated rings. The summed E-state index contributed by atoms with van der Waals surface area (Å²) in [6.07, 6.45) is -0.316. The molecule has 23 nitrogen and oxygen atoms in total. The molecule has 0 saturated heterocycles. The Labute approximate surface area is 545 Å². The molecule has 506 valence electrons. The quantitative estimate of drug-likeness (QED) is 0.0223. The highest BCUT2D eigenvalue weighted by Gasteiger charge is 2.35. The molecular weight excluding hydrogens is 1280 g/mol. The summed E-state index contributed by atoms with van der Waals surface area (Å²) >= 11 is 0. The SMILES string of the molecule is CCOC(=O)[C@H](C)NP(=O)(OC)Oc1ccccc1.COP(=O)(C[C@@H](C)C(=O)OCc1ccccc1)Oc1cccc2ccccc12.COP(=O)(N[C@@H](C)C(=O)OCC(C)(C)C)Oc1cccc2ccccc12.CO[P@@](=O)(N[C@@H](C)C(=O)OC(C)C)Oc1ccccc1. The number of fused-ring (bicyclic) bond motifs is 2. The van der Waals surface area contributed by atoms with E-state index >= 15 is 0 Å². The molecule has 7 aromatic rings. The fraction of sp³-hybridized carbons (Fsp3) is 0.364. The number of hydrogen-bond donors (Lipinski definition) is 3. The van der Waals surface area contributed by atoms with Crippen LogP contribution in [0.2, 0.25) is 0 Å². The maximum absolute atomic E-state index is 13.1. The van der Waals surface area contributed by atoms with Gasteiger partial charge in [0.1, 0.15) is 47.7 Å². The van der Waals surface area contributed by atoms with E-state index in [0.29, 0.717) is 23.0 Å². The van der Waals surface area contributed by atoms with Crippen molar-refractivity contribution in [3.8, 4) is 23.0 Å². The Morgan fingerprint density at radius 1 is 0.430 bits per heavy atom. The van der Waals surface area contributed by atoms with Gasteiger partial charge < -0.3 is 41.6 Å². The predicted octanol–water partition coefficient (Wildman–Crippen LogP) is 15.1. The third kappa shape index (κ3) is 27.7. The van der Waals surface area contributed by atoms with Gasteiger partial charge in [0.15, 0.2) is 0 Å². The highest BCUT2D eigenvalue weighted by molar-refractivity contribution is 7.54. The minimum atomic E-state index is -3.75. The van der Waals surface area contributed by atoms with E-state index in [4.69, 9.17) is 55.1 Å². The van der Waals surface area contributed by atoms with Crippen molar-refractivity contribution in [2.75, 3.05) is 47.8 Å². The molecule has 0 saturated carbocycles. The van der Waals surface area contributed by atoms with Gasteiger partial charge in [-0.25, -0.2) is 18.3 Å². The number of carbonyl (C=O) groups excluding carboxylic acids is 4. The van der Waals surface area contributed by atoms with Gasteiger partial charge in [-0.15, -0.1) is 0 Å². The van der Waals surface area contributed by atoms with E-state index in [1.165, 1.54) is 42.3 Å². The van der Waals surface area contributed by atoms with Crippen LogP contribution in [0.3, 0.4) is 0 Å². The third-order valence-electron chi connectivity index (χ3n) is 12.4. The largest absolute Gasteiger partial charge is 0.465 e. The lowest BCUT2D eigenvalue weighted by molar-refractivity contribution is -0.149. The molecule has 0 amide bonds. The van der Waals surface area contributed by atoms with Crippen molar-refractivity contribution in [1.82, 2.24) is 15.3 Å². The van der Waals surface area contributed by atoms with Gasteiger partial charge in [-0.05, 0) is 99.7 Å². The smallest absolute Gasteiger partial charge is 0.459 e. The summed E-state index contributed by atoms with van der Waals surface area (Å²) in [5.41, 5.74) is 0.741. The monoisotopic (exact) mass is 1370 g/mol. The van der Waals surface area contributed by atoms with Crippen LogP contribution in [0.4, 0.5) is 0 Å². The van der Waals surface area contributed by atoms with Crippen LogP contribution in [0.5, 0.6) is 23.0 Å². The average Bonchev–Trinajstić information content (AvgIpc) is 0.858. The molecule has 7 aromatic carbocycles. The average molecular weight is 1370 g/mol. The van der Waals surface area contributed by atoms with E-state index in [1.807, 2.05) is 118 Å². The molecule has 0 aliphatic carbocycles. The van der Waals surface area contributed by atoms with Crippen LogP contribution < -0.4 is 33.4 Å². The summed E-state index contributed by atoms with van der Waals surface area (Å²) in [6.45, 7) is 18.0. The van der Waals surface area contributed by atoms with E-state index in [9.17, 15) is 37.4 Å². The fourth-order valence-electron chi connectivity index (χ4n) is 7.73. The first-order chi connectivity index (χ1) is 44.0. The maximum atomic E-state index is 13.1. The van der Waals surface area contributed by atoms with Gasteiger partial charge in [-0.1, -0.05) is 167 Å². The van der Waals surface area contributed by atoms with Gasteiger partial charge in [0, 0.05) is 39.2 Å². The Morgan fingerprint density at radius 2 is 0.817 bits per heavy atom. The second kappa shape index (κ2) is 38.2. The highest BCUT2D eigenvalue weighted by atomic mass is 31.2. The van der Waals surface area contributed by atoms with E-state index in [-0.39, 0.29) is 37.5 Å². The summed E-state index contributed by atoms with van der Waals surface area (Å²) in [6, 6.07) is 50.3. The molecule has 27 heteroatoms. The van der Waals surface area contributed by atoms with Crippen molar-refractivity contribution in [3.05, 3.63) is 181 Å². The molecule has 0 aromatic heterocycles. The maximum Gasteiger partial charge on any atom is 0.459 e. The van der Waals surface area contributed by atoms with Crippen molar-refractivity contribution in [3.63, 3.8) is 0 Å². The molecule has 0 aliphatic rings. The van der Waals surface area contributed by atoms with E-state index in [2.05, 4.69) is 15.3 Å². The number of para-hydroxylation sites is 2. The molecule has 3 N–H and O–H groups in total. The summed E-state index contributed by atoms with van der Waals surface area (Å²) in [5, 5.41) is 11.2. The summed E-state index contributed by atoms with van der Waals surface area (Å²) in [4.78, 5) is 47.6. The van der Waals surface area contributed by atoms with Gasteiger partial charge in [-0.2, -0.15) is 15.3 Å². The minimum absolute atomic E-state index is 0.0691. The lowest BCUT2D eigenvalue weighted by atomic mass is 9.99. The molecular formula is C66H87N3O20P4. The Bertz CT molecular complexity index is 3650. The Morgan fingerprint density at radius 3 is 1.24 bits per heavy atom. The summed E-state index contributed by atoms with van der Waals surface area (Å²) < 4.78 is 113. The van der Waals surface area contributed by atoms with Crippen LogP contribution in [0, 0.1) is 11.3 Å². The van der Waals surface area contributed by atoms with E-state index < -0.39 is 78.8 Å². The molecule has 0 heterocycles. The third-order valence-corrected chi connectivity index (χ3v) is 19.3. The first kappa shape index (κ1) is 78.2. The molecule has 93 heavy (non-hydrogen) atoms. The normalized spacial score (nSPS) is 15.0. The topological polar surface area (TPSA) is 283 Å². The molecule has 7 rings (SSSR count). The van der Waals surface area contributed by atoms with Crippen molar-refractivity contribution in [1.29, 1.82) is 0 Å². The van der Waals surface area contributed by atoms with Crippen LogP contribution in [-0.4, -0.2) is 95.9 Å². The first-order valence-electron chi connectivity index (χ1n) is 29.5. The Hall–Kier alpha value is -7.22. The van der Waals surface area contributed by atoms with Gasteiger partial charge in [-0.3, -0.25) is 32.7 Å². The number of esters is 4. The summed E-state index contributed by atoms with van der Waals surface area (Å²) in [7, 11) is -9.43. The number of carbonyl (C=O) groups is 4. The second-order valence-electron chi connectivity index (χ2n) is 21.9. The number of hydrogen-bond acceptors (Lipinski definition) is 20. The number of benzene rings is 7. The van der Waals surface area contributed by atoms with Gasteiger partial charge in [0.05, 0.1) is 31.4 Å². The molecule has 3 unspecified atom stereocenters. The van der Waals surface area contributed by atoms with Crippen LogP contribution >= 0.6 is 30.8 Å². The van der Waals surface area contributed by atoms with Crippen molar-refractivity contribution < 1.29 is 92.6 Å². The lowest BCUT2D eigenvalue weighted by Crippen LogP contribution is -2.36. The van der Waals surface area contributed by atoms with Crippen molar-refractivity contribution >= 4 is 76.3 Å². The molecule has 8 atom stereocenters. The van der Waals surface area contributed by atoms with Crippen LogP contribution in [-0.2, 0) is 81.1 Å². The fourth-order valence-corrected chi connectivity index (χ4v) is 13.0. The molecule has 0 radical (unpaired) electrons. The molecule has 0 spiro atoms. The number of nitrogens with one attached hydrogen (secondary N) is 3. The molecule has 0 bridgehead atoms. The second-order valence-corrected chi connectivity index (χ2v) is 29.5.